The molecule has 20 heavy (non-hydrogen) atoms. The zero-order valence-corrected chi connectivity index (χ0v) is 13.3. The van der Waals surface area contributed by atoms with Gasteiger partial charge < -0.3 is 14.8 Å². The van der Waals surface area contributed by atoms with E-state index >= 15 is 0 Å². The Morgan fingerprint density at radius 1 is 1.15 bits per heavy atom. The minimum Gasteiger partial charge on any atom is -0.494 e. The van der Waals surface area contributed by atoms with Crippen molar-refractivity contribution in [1.82, 2.24) is 5.32 Å². The lowest BCUT2D eigenvalue weighted by molar-refractivity contribution is 0.206. The van der Waals surface area contributed by atoms with Crippen LogP contribution in [-0.2, 0) is 0 Å². The average Bonchev–Trinajstić information content (AvgIpc) is 2.38. The fourth-order valence-electron chi connectivity index (χ4n) is 2.00. The summed E-state index contributed by atoms with van der Waals surface area (Å²) in [4.78, 5) is 0. The van der Waals surface area contributed by atoms with E-state index in [1.54, 1.807) is 0 Å². The summed E-state index contributed by atoms with van der Waals surface area (Å²) in [6, 6.07) is 7.86. The lowest BCUT2D eigenvalue weighted by Gasteiger charge is -2.16. The third-order valence-corrected chi connectivity index (χ3v) is 2.97. The smallest absolute Gasteiger partial charge is 0.123 e. The van der Waals surface area contributed by atoms with Crippen molar-refractivity contribution in [2.45, 2.75) is 46.6 Å². The second kappa shape index (κ2) is 9.65. The quantitative estimate of drug-likeness (QED) is 0.659. The SMILES string of the molecule is CCOc1cccc(OC(C)CCCNCC(C)C)c1. The van der Waals surface area contributed by atoms with Gasteiger partial charge in [-0.3, -0.25) is 0 Å². The first-order chi connectivity index (χ1) is 9.61. The van der Waals surface area contributed by atoms with Crippen molar-refractivity contribution in [3.05, 3.63) is 24.3 Å². The van der Waals surface area contributed by atoms with Gasteiger partial charge in [-0.1, -0.05) is 19.9 Å². The van der Waals surface area contributed by atoms with Gasteiger partial charge in [-0.2, -0.15) is 0 Å². The molecule has 0 fully saturated rings. The molecule has 0 saturated heterocycles. The molecule has 1 atom stereocenters. The van der Waals surface area contributed by atoms with Crippen molar-refractivity contribution in [3.8, 4) is 11.5 Å². The molecule has 114 valence electrons. The average molecular weight is 279 g/mol. The van der Waals surface area contributed by atoms with Gasteiger partial charge in [0.05, 0.1) is 12.7 Å². The van der Waals surface area contributed by atoms with Crippen molar-refractivity contribution in [2.24, 2.45) is 5.92 Å². The number of ether oxygens (including phenoxy) is 2. The molecule has 0 aliphatic carbocycles. The molecule has 0 spiro atoms. The van der Waals surface area contributed by atoms with E-state index in [1.807, 2.05) is 31.2 Å². The van der Waals surface area contributed by atoms with Gasteiger partial charge in [-0.25, -0.2) is 0 Å². The number of hydrogen-bond donors (Lipinski definition) is 1. The molecule has 0 aromatic heterocycles. The molecule has 3 nitrogen and oxygen atoms in total. The molecule has 0 amide bonds. The zero-order valence-electron chi connectivity index (χ0n) is 13.3. The van der Waals surface area contributed by atoms with Crippen LogP contribution in [0.2, 0.25) is 0 Å². The largest absolute Gasteiger partial charge is 0.494 e. The highest BCUT2D eigenvalue weighted by Crippen LogP contribution is 2.21. The second-order valence-electron chi connectivity index (χ2n) is 5.58. The monoisotopic (exact) mass is 279 g/mol. The van der Waals surface area contributed by atoms with Crippen molar-refractivity contribution in [3.63, 3.8) is 0 Å². The van der Waals surface area contributed by atoms with Crippen LogP contribution >= 0.6 is 0 Å². The third kappa shape index (κ3) is 7.39. The van der Waals surface area contributed by atoms with Crippen LogP contribution < -0.4 is 14.8 Å². The van der Waals surface area contributed by atoms with Gasteiger partial charge >= 0.3 is 0 Å². The van der Waals surface area contributed by atoms with Crippen LogP contribution in [0.3, 0.4) is 0 Å². The minimum absolute atomic E-state index is 0.229. The lowest BCUT2D eigenvalue weighted by Crippen LogP contribution is -2.22. The predicted molar refractivity (Wildman–Crippen MR) is 84.6 cm³/mol. The predicted octanol–water partition coefficient (Wildman–Crippen LogP) is 3.88. The van der Waals surface area contributed by atoms with Crippen LogP contribution in [0.5, 0.6) is 11.5 Å². The summed E-state index contributed by atoms with van der Waals surface area (Å²) in [5, 5.41) is 3.45. The highest BCUT2D eigenvalue weighted by molar-refractivity contribution is 5.33. The van der Waals surface area contributed by atoms with E-state index in [-0.39, 0.29) is 6.10 Å². The fourth-order valence-corrected chi connectivity index (χ4v) is 2.00. The first-order valence-electron chi connectivity index (χ1n) is 7.72. The molecule has 0 aliphatic rings. The van der Waals surface area contributed by atoms with Crippen molar-refractivity contribution < 1.29 is 9.47 Å². The Morgan fingerprint density at radius 3 is 2.60 bits per heavy atom. The Labute approximate surface area is 123 Å². The van der Waals surface area contributed by atoms with E-state index in [9.17, 15) is 0 Å². The van der Waals surface area contributed by atoms with Gasteiger partial charge in [0.2, 0.25) is 0 Å². The highest BCUT2D eigenvalue weighted by atomic mass is 16.5. The minimum atomic E-state index is 0.229. The molecule has 0 aliphatic heterocycles. The summed E-state index contributed by atoms with van der Waals surface area (Å²) in [5.41, 5.74) is 0. The number of nitrogens with one attached hydrogen (secondary N) is 1. The summed E-state index contributed by atoms with van der Waals surface area (Å²) in [6.07, 6.45) is 2.43. The molecule has 1 unspecified atom stereocenters. The van der Waals surface area contributed by atoms with Crippen molar-refractivity contribution in [1.29, 1.82) is 0 Å². The van der Waals surface area contributed by atoms with Crippen molar-refractivity contribution in [2.75, 3.05) is 19.7 Å². The maximum Gasteiger partial charge on any atom is 0.123 e. The highest BCUT2D eigenvalue weighted by Gasteiger charge is 2.05. The topological polar surface area (TPSA) is 30.5 Å². The van der Waals surface area contributed by atoms with Gasteiger partial charge in [0.15, 0.2) is 0 Å². The van der Waals surface area contributed by atoms with Crippen LogP contribution in [0, 0.1) is 5.92 Å². The third-order valence-electron chi connectivity index (χ3n) is 2.97. The summed E-state index contributed by atoms with van der Waals surface area (Å²) in [7, 11) is 0. The molecule has 0 bridgehead atoms. The molecule has 3 heteroatoms. The van der Waals surface area contributed by atoms with Crippen LogP contribution in [0.25, 0.3) is 0 Å². The van der Waals surface area contributed by atoms with Crippen molar-refractivity contribution >= 4 is 0 Å². The summed E-state index contributed by atoms with van der Waals surface area (Å²) in [5.74, 6) is 2.47. The lowest BCUT2D eigenvalue weighted by atomic mass is 10.2. The Bertz CT molecular complexity index is 366. The number of rotatable bonds is 10. The van der Waals surface area contributed by atoms with E-state index < -0.39 is 0 Å². The summed E-state index contributed by atoms with van der Waals surface area (Å²) < 4.78 is 11.4. The van der Waals surface area contributed by atoms with Gasteiger partial charge in [0, 0.05) is 6.07 Å². The van der Waals surface area contributed by atoms with E-state index in [4.69, 9.17) is 9.47 Å². The summed E-state index contributed by atoms with van der Waals surface area (Å²) >= 11 is 0. The van der Waals surface area contributed by atoms with E-state index in [2.05, 4.69) is 26.1 Å². The zero-order chi connectivity index (χ0) is 14.8. The maximum absolute atomic E-state index is 5.92. The Kier molecular flexibility index (Phi) is 8.12. The van der Waals surface area contributed by atoms with Gasteiger partial charge in [-0.15, -0.1) is 0 Å². The Balaban J connectivity index is 2.24. The van der Waals surface area contributed by atoms with Gasteiger partial charge in [0.25, 0.3) is 0 Å². The normalized spacial score (nSPS) is 12.4. The molecular weight excluding hydrogens is 250 g/mol. The molecule has 1 rings (SSSR count). The molecule has 0 heterocycles. The standard InChI is InChI=1S/C17H29NO2/c1-5-19-16-9-6-10-17(12-16)20-15(4)8-7-11-18-13-14(2)3/h6,9-10,12,14-15,18H,5,7-8,11,13H2,1-4H3. The Hall–Kier alpha value is -1.22. The molecule has 1 N–H and O–H groups in total. The van der Waals surface area contributed by atoms with Crippen LogP contribution in [-0.4, -0.2) is 25.8 Å². The second-order valence-corrected chi connectivity index (χ2v) is 5.58. The maximum atomic E-state index is 5.92. The fraction of sp³-hybridized carbons (Fsp3) is 0.647. The molecule has 1 aromatic carbocycles. The van der Waals surface area contributed by atoms with E-state index in [0.717, 1.165) is 37.4 Å². The first kappa shape index (κ1) is 16.8. The number of hydrogen-bond acceptors (Lipinski definition) is 3. The van der Waals surface area contributed by atoms with Crippen LogP contribution in [0.4, 0.5) is 0 Å². The van der Waals surface area contributed by atoms with E-state index in [1.165, 1.54) is 0 Å². The molecular formula is C17H29NO2. The molecule has 0 radical (unpaired) electrons. The Morgan fingerprint density at radius 2 is 1.90 bits per heavy atom. The molecule has 1 aromatic rings. The summed E-state index contributed by atoms with van der Waals surface area (Å²) in [6.45, 7) is 11.4. The first-order valence-corrected chi connectivity index (χ1v) is 7.72. The number of benzene rings is 1. The van der Waals surface area contributed by atoms with Gasteiger partial charge in [0.1, 0.15) is 11.5 Å². The van der Waals surface area contributed by atoms with Gasteiger partial charge in [-0.05, 0) is 57.8 Å². The van der Waals surface area contributed by atoms with Crippen LogP contribution in [0.1, 0.15) is 40.5 Å². The van der Waals surface area contributed by atoms with Crippen LogP contribution in [0.15, 0.2) is 24.3 Å². The van der Waals surface area contributed by atoms with E-state index in [0.29, 0.717) is 12.5 Å². The molecule has 0 saturated carbocycles.